The molecule has 0 unspecified atom stereocenters. The minimum atomic E-state index is 0.0622. The summed E-state index contributed by atoms with van der Waals surface area (Å²) >= 11 is 0. The SMILES string of the molecule is CN(Cc1ccccc1)Cc1cc(CC2(NCC3CC3)COC2)no1. The molecule has 0 radical (unpaired) electrons. The fraction of sp³-hybridized carbons (Fsp3) is 0.550. The van der Waals surface area contributed by atoms with Crippen LogP contribution in [0.25, 0.3) is 0 Å². The molecule has 0 amide bonds. The van der Waals surface area contributed by atoms with Gasteiger partial charge in [0, 0.05) is 19.0 Å². The van der Waals surface area contributed by atoms with Gasteiger partial charge in [-0.25, -0.2) is 0 Å². The van der Waals surface area contributed by atoms with Gasteiger partial charge in [-0.1, -0.05) is 35.5 Å². The first-order valence-corrected chi connectivity index (χ1v) is 9.20. The molecule has 134 valence electrons. The quantitative estimate of drug-likeness (QED) is 0.760. The van der Waals surface area contributed by atoms with Crippen LogP contribution in [-0.2, 0) is 24.2 Å². The minimum absolute atomic E-state index is 0.0622. The molecular formula is C20H27N3O2. The topological polar surface area (TPSA) is 50.5 Å². The van der Waals surface area contributed by atoms with Crippen LogP contribution in [0.3, 0.4) is 0 Å². The van der Waals surface area contributed by atoms with Crippen LogP contribution in [-0.4, -0.2) is 42.4 Å². The number of nitrogens with one attached hydrogen (secondary N) is 1. The van der Waals surface area contributed by atoms with Gasteiger partial charge in [0.25, 0.3) is 0 Å². The Morgan fingerprint density at radius 2 is 2.00 bits per heavy atom. The Morgan fingerprint density at radius 3 is 2.68 bits per heavy atom. The fourth-order valence-electron chi connectivity index (χ4n) is 3.38. The minimum Gasteiger partial charge on any atom is -0.377 e. The maximum Gasteiger partial charge on any atom is 0.150 e. The molecule has 5 heteroatoms. The molecule has 2 fully saturated rings. The van der Waals surface area contributed by atoms with Crippen LogP contribution in [0.1, 0.15) is 29.9 Å². The van der Waals surface area contributed by atoms with Gasteiger partial charge in [0.05, 0.1) is 31.0 Å². The number of rotatable bonds is 9. The molecule has 2 heterocycles. The summed E-state index contributed by atoms with van der Waals surface area (Å²) in [5, 5.41) is 8.00. The van der Waals surface area contributed by atoms with Crippen LogP contribution >= 0.6 is 0 Å². The van der Waals surface area contributed by atoms with E-state index in [1.54, 1.807) is 0 Å². The molecule has 1 saturated carbocycles. The van der Waals surface area contributed by atoms with Gasteiger partial charge in [0.15, 0.2) is 5.76 Å². The van der Waals surface area contributed by atoms with Gasteiger partial charge in [0.2, 0.25) is 0 Å². The van der Waals surface area contributed by atoms with E-state index >= 15 is 0 Å². The average Bonchev–Trinajstić information content (AvgIpc) is 3.31. The van der Waals surface area contributed by atoms with Crippen molar-refractivity contribution in [3.63, 3.8) is 0 Å². The molecular weight excluding hydrogens is 314 g/mol. The summed E-state index contributed by atoms with van der Waals surface area (Å²) in [4.78, 5) is 2.24. The summed E-state index contributed by atoms with van der Waals surface area (Å²) < 4.78 is 11.0. The van der Waals surface area contributed by atoms with Crippen molar-refractivity contribution in [2.45, 2.75) is 37.9 Å². The first kappa shape index (κ1) is 16.8. The van der Waals surface area contributed by atoms with E-state index in [1.165, 1.54) is 18.4 Å². The molecule has 25 heavy (non-hydrogen) atoms. The monoisotopic (exact) mass is 341 g/mol. The van der Waals surface area contributed by atoms with Crippen molar-refractivity contribution in [3.05, 3.63) is 53.4 Å². The van der Waals surface area contributed by atoms with E-state index in [-0.39, 0.29) is 5.54 Å². The van der Waals surface area contributed by atoms with E-state index < -0.39 is 0 Å². The van der Waals surface area contributed by atoms with Gasteiger partial charge < -0.3 is 14.6 Å². The van der Waals surface area contributed by atoms with Crippen molar-refractivity contribution in [2.24, 2.45) is 5.92 Å². The van der Waals surface area contributed by atoms with E-state index in [0.29, 0.717) is 0 Å². The van der Waals surface area contributed by atoms with Gasteiger partial charge >= 0.3 is 0 Å². The molecule has 2 aliphatic rings. The molecule has 1 aliphatic carbocycles. The number of benzene rings is 1. The normalized spacial score (nSPS) is 19.1. The van der Waals surface area contributed by atoms with Gasteiger partial charge in [-0.05, 0) is 37.9 Å². The van der Waals surface area contributed by atoms with Crippen molar-refractivity contribution in [2.75, 3.05) is 26.8 Å². The van der Waals surface area contributed by atoms with Crippen LogP contribution < -0.4 is 5.32 Å². The van der Waals surface area contributed by atoms with Crippen molar-refractivity contribution in [3.8, 4) is 0 Å². The molecule has 0 spiro atoms. The first-order valence-electron chi connectivity index (χ1n) is 9.20. The Hall–Kier alpha value is -1.69. The lowest BCUT2D eigenvalue weighted by molar-refractivity contribution is -0.0748. The molecule has 5 nitrogen and oxygen atoms in total. The fourth-order valence-corrected chi connectivity index (χ4v) is 3.38. The zero-order valence-corrected chi connectivity index (χ0v) is 14.9. The van der Waals surface area contributed by atoms with Crippen LogP contribution in [0.15, 0.2) is 40.9 Å². The van der Waals surface area contributed by atoms with E-state index in [1.807, 2.05) is 6.07 Å². The van der Waals surface area contributed by atoms with Gasteiger partial charge in [-0.3, -0.25) is 4.90 Å². The summed E-state index contributed by atoms with van der Waals surface area (Å²) in [5.41, 5.74) is 2.39. The summed E-state index contributed by atoms with van der Waals surface area (Å²) in [7, 11) is 2.10. The Bertz CT molecular complexity index is 677. The third kappa shape index (κ3) is 4.48. The van der Waals surface area contributed by atoms with Crippen molar-refractivity contribution < 1.29 is 9.26 Å². The second-order valence-corrected chi connectivity index (χ2v) is 7.72. The molecule has 2 aromatic rings. The Balaban J connectivity index is 1.30. The number of nitrogens with zero attached hydrogens (tertiary/aromatic N) is 2. The van der Waals surface area contributed by atoms with E-state index in [0.717, 1.165) is 56.6 Å². The summed E-state index contributed by atoms with van der Waals surface area (Å²) in [5.74, 6) is 1.79. The molecule has 4 rings (SSSR count). The second kappa shape index (κ2) is 7.28. The Labute approximate surface area is 149 Å². The number of aromatic nitrogens is 1. The first-order chi connectivity index (χ1) is 12.2. The molecule has 1 aliphatic heterocycles. The third-order valence-electron chi connectivity index (χ3n) is 5.07. The highest BCUT2D eigenvalue weighted by Crippen LogP contribution is 2.30. The van der Waals surface area contributed by atoms with Crippen molar-refractivity contribution >= 4 is 0 Å². The summed E-state index contributed by atoms with van der Waals surface area (Å²) in [6.07, 6.45) is 3.61. The van der Waals surface area contributed by atoms with Crippen LogP contribution in [0.5, 0.6) is 0 Å². The zero-order chi connectivity index (χ0) is 17.1. The van der Waals surface area contributed by atoms with Gasteiger partial charge in [-0.15, -0.1) is 0 Å². The van der Waals surface area contributed by atoms with Crippen LogP contribution in [0.4, 0.5) is 0 Å². The van der Waals surface area contributed by atoms with Crippen molar-refractivity contribution in [1.29, 1.82) is 0 Å². The average molecular weight is 341 g/mol. The predicted molar refractivity (Wildman–Crippen MR) is 96.1 cm³/mol. The largest absolute Gasteiger partial charge is 0.377 e. The zero-order valence-electron chi connectivity index (χ0n) is 14.9. The molecule has 1 aromatic heterocycles. The number of ether oxygens (including phenoxy) is 1. The molecule has 1 aromatic carbocycles. The summed E-state index contributed by atoms with van der Waals surface area (Å²) in [6.45, 7) is 4.32. The number of hydrogen-bond donors (Lipinski definition) is 1. The summed E-state index contributed by atoms with van der Waals surface area (Å²) in [6, 6.07) is 12.6. The highest BCUT2D eigenvalue weighted by Gasteiger charge is 2.40. The van der Waals surface area contributed by atoms with E-state index in [2.05, 4.69) is 52.8 Å². The van der Waals surface area contributed by atoms with Crippen molar-refractivity contribution in [1.82, 2.24) is 15.4 Å². The lowest BCUT2D eigenvalue weighted by Crippen LogP contribution is -2.62. The molecule has 0 atom stereocenters. The highest BCUT2D eigenvalue weighted by atomic mass is 16.5. The second-order valence-electron chi connectivity index (χ2n) is 7.72. The van der Waals surface area contributed by atoms with E-state index in [4.69, 9.17) is 9.26 Å². The lowest BCUT2D eigenvalue weighted by Gasteiger charge is -2.42. The maximum absolute atomic E-state index is 5.57. The predicted octanol–water partition coefficient (Wildman–Crippen LogP) is 2.62. The maximum atomic E-state index is 5.57. The molecule has 0 bridgehead atoms. The molecule has 1 N–H and O–H groups in total. The van der Waals surface area contributed by atoms with Gasteiger partial charge in [-0.2, -0.15) is 0 Å². The third-order valence-corrected chi connectivity index (χ3v) is 5.07. The van der Waals surface area contributed by atoms with Crippen LogP contribution in [0.2, 0.25) is 0 Å². The molecule has 1 saturated heterocycles. The lowest BCUT2D eigenvalue weighted by atomic mass is 9.91. The van der Waals surface area contributed by atoms with Crippen LogP contribution in [0, 0.1) is 5.92 Å². The van der Waals surface area contributed by atoms with E-state index in [9.17, 15) is 0 Å². The standard InChI is InChI=1S/C20H27N3O2/c1-23(12-17-5-3-2-4-6-17)13-19-9-18(22-25-19)10-20(14-24-15-20)21-11-16-7-8-16/h2-6,9,16,21H,7-8,10-15H2,1H3. The highest BCUT2D eigenvalue weighted by molar-refractivity contribution is 5.15. The Kier molecular flexibility index (Phi) is 4.88. The smallest absolute Gasteiger partial charge is 0.150 e. The number of hydrogen-bond acceptors (Lipinski definition) is 5. The Morgan fingerprint density at radius 1 is 1.20 bits per heavy atom. The van der Waals surface area contributed by atoms with Gasteiger partial charge in [0.1, 0.15) is 0 Å².